The molecule has 3 rings (SSSR count). The fraction of sp³-hybridized carbons (Fsp3) is 0.300. The van der Waals surface area contributed by atoms with E-state index in [1.165, 1.54) is 12.6 Å². The van der Waals surface area contributed by atoms with Crippen LogP contribution in [0.5, 0.6) is 5.75 Å². The van der Waals surface area contributed by atoms with Crippen molar-refractivity contribution in [1.29, 1.82) is 0 Å². The number of fused-ring (bicyclic) bond motifs is 1. The third kappa shape index (κ3) is 4.54. The molecule has 0 amide bonds. The Morgan fingerprint density at radius 3 is 2.63 bits per heavy atom. The van der Waals surface area contributed by atoms with Crippen LogP contribution in [0.3, 0.4) is 0 Å². The van der Waals surface area contributed by atoms with Crippen molar-refractivity contribution in [3.8, 4) is 5.75 Å². The van der Waals surface area contributed by atoms with E-state index < -0.39 is 9.84 Å². The first-order chi connectivity index (χ1) is 12.7. The quantitative estimate of drug-likeness (QED) is 0.696. The molecule has 142 valence electrons. The van der Waals surface area contributed by atoms with Gasteiger partial charge in [-0.05, 0) is 50.1 Å². The van der Waals surface area contributed by atoms with Gasteiger partial charge in [-0.2, -0.15) is 0 Å². The number of anilines is 1. The average Bonchev–Trinajstić information content (AvgIpc) is 2.60. The SMILES string of the molecule is Cc1cc2c(NC(C)C)ncnc2cc1OCc1cccc(S(C)(=O)=O)c1. The Morgan fingerprint density at radius 1 is 1.15 bits per heavy atom. The van der Waals surface area contributed by atoms with Crippen LogP contribution in [0.4, 0.5) is 5.82 Å². The Balaban J connectivity index is 1.87. The summed E-state index contributed by atoms with van der Waals surface area (Å²) >= 11 is 0. The molecular formula is C20H23N3O3S. The summed E-state index contributed by atoms with van der Waals surface area (Å²) in [6.07, 6.45) is 2.73. The summed E-state index contributed by atoms with van der Waals surface area (Å²) in [5.74, 6) is 1.51. The van der Waals surface area contributed by atoms with Crippen molar-refractivity contribution >= 4 is 26.6 Å². The van der Waals surface area contributed by atoms with Gasteiger partial charge in [0.2, 0.25) is 0 Å². The first-order valence-electron chi connectivity index (χ1n) is 8.68. The molecule has 0 radical (unpaired) electrons. The molecule has 0 bridgehead atoms. The molecule has 0 saturated carbocycles. The van der Waals surface area contributed by atoms with Crippen LogP contribution in [0.25, 0.3) is 10.9 Å². The second-order valence-electron chi connectivity index (χ2n) is 6.86. The zero-order valence-corrected chi connectivity index (χ0v) is 16.7. The number of benzene rings is 2. The maximum Gasteiger partial charge on any atom is 0.175 e. The molecule has 1 heterocycles. The molecule has 7 heteroatoms. The molecule has 1 aromatic heterocycles. The van der Waals surface area contributed by atoms with Crippen LogP contribution >= 0.6 is 0 Å². The fourth-order valence-electron chi connectivity index (χ4n) is 2.76. The highest BCUT2D eigenvalue weighted by molar-refractivity contribution is 7.90. The van der Waals surface area contributed by atoms with Crippen molar-refractivity contribution in [2.24, 2.45) is 0 Å². The van der Waals surface area contributed by atoms with E-state index in [0.29, 0.717) is 5.75 Å². The van der Waals surface area contributed by atoms with E-state index in [9.17, 15) is 8.42 Å². The molecule has 1 N–H and O–H groups in total. The van der Waals surface area contributed by atoms with Crippen molar-refractivity contribution in [1.82, 2.24) is 9.97 Å². The summed E-state index contributed by atoms with van der Waals surface area (Å²) in [6, 6.07) is 10.9. The standard InChI is InChI=1S/C20H23N3O3S/c1-13(2)23-20-17-8-14(3)19(10-18(17)21-12-22-20)26-11-15-6-5-7-16(9-15)27(4,24)25/h5-10,12-13H,11H2,1-4H3,(H,21,22,23). The number of ether oxygens (including phenoxy) is 1. The number of aromatic nitrogens is 2. The largest absolute Gasteiger partial charge is 0.489 e. The molecule has 0 aliphatic carbocycles. The number of hydrogen-bond acceptors (Lipinski definition) is 6. The van der Waals surface area contributed by atoms with Crippen molar-refractivity contribution in [2.75, 3.05) is 11.6 Å². The maximum absolute atomic E-state index is 11.7. The van der Waals surface area contributed by atoms with E-state index in [0.717, 1.165) is 27.8 Å². The van der Waals surface area contributed by atoms with Crippen LogP contribution in [0.15, 0.2) is 47.6 Å². The first kappa shape index (κ1) is 19.1. The number of sulfone groups is 1. The molecule has 3 aromatic rings. The van der Waals surface area contributed by atoms with E-state index in [-0.39, 0.29) is 17.5 Å². The van der Waals surface area contributed by atoms with Crippen molar-refractivity contribution in [3.05, 3.63) is 53.9 Å². The zero-order chi connectivity index (χ0) is 19.6. The highest BCUT2D eigenvalue weighted by Gasteiger charge is 2.11. The molecule has 0 atom stereocenters. The lowest BCUT2D eigenvalue weighted by Crippen LogP contribution is -2.11. The number of nitrogens with one attached hydrogen (secondary N) is 1. The van der Waals surface area contributed by atoms with Crippen molar-refractivity contribution in [3.63, 3.8) is 0 Å². The molecule has 0 aliphatic heterocycles. The van der Waals surface area contributed by atoms with Gasteiger partial charge in [0.1, 0.15) is 24.5 Å². The highest BCUT2D eigenvalue weighted by Crippen LogP contribution is 2.28. The molecule has 0 unspecified atom stereocenters. The maximum atomic E-state index is 11.7. The van der Waals surface area contributed by atoms with Crippen LogP contribution in [-0.4, -0.2) is 30.7 Å². The second kappa shape index (κ2) is 7.52. The van der Waals surface area contributed by atoms with E-state index in [2.05, 4.69) is 29.1 Å². The van der Waals surface area contributed by atoms with Crippen LogP contribution in [0.1, 0.15) is 25.0 Å². The number of hydrogen-bond donors (Lipinski definition) is 1. The molecule has 6 nitrogen and oxygen atoms in total. The molecule has 2 aromatic carbocycles. The van der Waals surface area contributed by atoms with Crippen LogP contribution < -0.4 is 10.1 Å². The minimum atomic E-state index is -3.24. The summed E-state index contributed by atoms with van der Waals surface area (Å²) in [7, 11) is -3.24. The monoisotopic (exact) mass is 385 g/mol. The van der Waals surface area contributed by atoms with Gasteiger partial charge in [-0.15, -0.1) is 0 Å². The van der Waals surface area contributed by atoms with Crippen molar-refractivity contribution in [2.45, 2.75) is 38.3 Å². The third-order valence-electron chi connectivity index (χ3n) is 4.08. The Morgan fingerprint density at radius 2 is 1.93 bits per heavy atom. The van der Waals surface area contributed by atoms with Gasteiger partial charge < -0.3 is 10.1 Å². The second-order valence-corrected chi connectivity index (χ2v) is 8.88. The highest BCUT2D eigenvalue weighted by atomic mass is 32.2. The third-order valence-corrected chi connectivity index (χ3v) is 5.19. The number of aryl methyl sites for hydroxylation is 1. The Kier molecular flexibility index (Phi) is 5.32. The number of rotatable bonds is 6. The Bertz CT molecular complexity index is 1080. The summed E-state index contributed by atoms with van der Waals surface area (Å²) in [6.45, 7) is 6.36. The number of nitrogens with zero attached hydrogens (tertiary/aromatic N) is 2. The summed E-state index contributed by atoms with van der Waals surface area (Å²) in [4.78, 5) is 8.95. The van der Waals surface area contributed by atoms with E-state index in [4.69, 9.17) is 4.74 Å². The molecule has 0 saturated heterocycles. The van der Waals surface area contributed by atoms with Gasteiger partial charge in [0.05, 0.1) is 10.4 Å². The zero-order valence-electron chi connectivity index (χ0n) is 15.9. The molecule has 0 spiro atoms. The van der Waals surface area contributed by atoms with Crippen LogP contribution in [0.2, 0.25) is 0 Å². The summed E-state index contributed by atoms with van der Waals surface area (Å²) < 4.78 is 29.4. The normalized spacial score (nSPS) is 11.7. The Labute approximate surface area is 159 Å². The summed E-state index contributed by atoms with van der Waals surface area (Å²) in [5, 5.41) is 4.26. The molecular weight excluding hydrogens is 362 g/mol. The minimum Gasteiger partial charge on any atom is -0.489 e. The van der Waals surface area contributed by atoms with Gasteiger partial charge in [-0.25, -0.2) is 18.4 Å². The molecule has 27 heavy (non-hydrogen) atoms. The lowest BCUT2D eigenvalue weighted by molar-refractivity contribution is 0.304. The summed E-state index contributed by atoms with van der Waals surface area (Å²) in [5.41, 5.74) is 2.55. The van der Waals surface area contributed by atoms with E-state index in [1.54, 1.807) is 18.2 Å². The predicted molar refractivity (Wildman–Crippen MR) is 107 cm³/mol. The minimum absolute atomic E-state index is 0.265. The van der Waals surface area contributed by atoms with Gasteiger partial charge in [-0.1, -0.05) is 12.1 Å². The first-order valence-corrected chi connectivity index (χ1v) is 10.6. The molecule has 0 aliphatic rings. The van der Waals surface area contributed by atoms with Crippen LogP contribution in [-0.2, 0) is 16.4 Å². The smallest absolute Gasteiger partial charge is 0.175 e. The Hall–Kier alpha value is -2.67. The fourth-order valence-corrected chi connectivity index (χ4v) is 3.45. The van der Waals surface area contributed by atoms with Crippen molar-refractivity contribution < 1.29 is 13.2 Å². The predicted octanol–water partition coefficient (Wildman–Crippen LogP) is 3.74. The van der Waals surface area contributed by atoms with Gasteiger partial charge in [0, 0.05) is 23.8 Å². The lowest BCUT2D eigenvalue weighted by atomic mass is 10.1. The van der Waals surface area contributed by atoms with Gasteiger partial charge in [-0.3, -0.25) is 0 Å². The van der Waals surface area contributed by atoms with Gasteiger partial charge in [0.15, 0.2) is 9.84 Å². The molecule has 0 fully saturated rings. The van der Waals surface area contributed by atoms with Crippen LogP contribution in [0, 0.1) is 6.92 Å². The lowest BCUT2D eigenvalue weighted by Gasteiger charge is -2.14. The van der Waals surface area contributed by atoms with Gasteiger partial charge in [0.25, 0.3) is 0 Å². The average molecular weight is 385 g/mol. The van der Waals surface area contributed by atoms with E-state index in [1.807, 2.05) is 25.1 Å². The van der Waals surface area contributed by atoms with Gasteiger partial charge >= 0.3 is 0 Å². The topological polar surface area (TPSA) is 81.2 Å². The van der Waals surface area contributed by atoms with E-state index >= 15 is 0 Å².